The highest BCUT2D eigenvalue weighted by Gasteiger charge is 2.30. The molecule has 2 heterocycles. The topological polar surface area (TPSA) is 49.9 Å². The third-order valence-electron chi connectivity index (χ3n) is 5.68. The van der Waals surface area contributed by atoms with E-state index in [1.807, 2.05) is 46.2 Å². The standard InChI is InChI=1S/C23H25ClN2O3/c24-21-8-2-1-7-20(21)23(28)26-15-5-6-18(26)16-29-19-11-9-17(10-12-19)22(27)25-13-3-4-14-25/h1-2,7-12,18H,3-6,13-16H2. The van der Waals surface area contributed by atoms with Crippen molar-refractivity contribution in [1.82, 2.24) is 9.80 Å². The van der Waals surface area contributed by atoms with E-state index in [0.717, 1.165) is 38.8 Å². The van der Waals surface area contributed by atoms with Gasteiger partial charge in [0.2, 0.25) is 0 Å². The van der Waals surface area contributed by atoms with Gasteiger partial charge in [-0.15, -0.1) is 0 Å². The minimum absolute atomic E-state index is 0.0182. The molecule has 2 aromatic carbocycles. The maximum atomic E-state index is 12.9. The first kappa shape index (κ1) is 19.8. The van der Waals surface area contributed by atoms with Gasteiger partial charge in [-0.1, -0.05) is 23.7 Å². The Bertz CT molecular complexity index is 878. The zero-order valence-electron chi connectivity index (χ0n) is 16.4. The molecule has 0 radical (unpaired) electrons. The molecule has 0 bridgehead atoms. The minimum atomic E-state index is -0.0479. The number of ether oxygens (including phenoxy) is 1. The van der Waals surface area contributed by atoms with Crippen LogP contribution in [0.15, 0.2) is 48.5 Å². The monoisotopic (exact) mass is 412 g/mol. The van der Waals surface area contributed by atoms with E-state index in [1.54, 1.807) is 12.1 Å². The minimum Gasteiger partial charge on any atom is -0.491 e. The van der Waals surface area contributed by atoms with Gasteiger partial charge in [0.25, 0.3) is 11.8 Å². The lowest BCUT2D eigenvalue weighted by molar-refractivity contribution is 0.0691. The number of hydrogen-bond acceptors (Lipinski definition) is 3. The van der Waals surface area contributed by atoms with Crippen molar-refractivity contribution in [3.8, 4) is 5.75 Å². The van der Waals surface area contributed by atoms with Gasteiger partial charge in [-0.3, -0.25) is 9.59 Å². The number of nitrogens with zero attached hydrogens (tertiary/aromatic N) is 2. The molecule has 2 aliphatic rings. The summed E-state index contributed by atoms with van der Waals surface area (Å²) >= 11 is 6.20. The predicted octanol–water partition coefficient (Wildman–Crippen LogP) is 4.26. The van der Waals surface area contributed by atoms with E-state index >= 15 is 0 Å². The Labute approximate surface area is 176 Å². The lowest BCUT2D eigenvalue weighted by Crippen LogP contribution is -2.39. The van der Waals surface area contributed by atoms with Gasteiger partial charge in [0.1, 0.15) is 12.4 Å². The van der Waals surface area contributed by atoms with Crippen LogP contribution in [0.2, 0.25) is 5.02 Å². The molecule has 0 N–H and O–H groups in total. The lowest BCUT2D eigenvalue weighted by atomic mass is 10.1. The van der Waals surface area contributed by atoms with Crippen LogP contribution in [0.3, 0.4) is 0 Å². The van der Waals surface area contributed by atoms with E-state index in [4.69, 9.17) is 16.3 Å². The largest absolute Gasteiger partial charge is 0.491 e. The Kier molecular flexibility index (Phi) is 6.05. The Morgan fingerprint density at radius 2 is 1.66 bits per heavy atom. The molecule has 1 atom stereocenters. The number of likely N-dealkylation sites (tertiary alicyclic amines) is 2. The van der Waals surface area contributed by atoms with Crippen LogP contribution >= 0.6 is 11.6 Å². The molecular weight excluding hydrogens is 388 g/mol. The van der Waals surface area contributed by atoms with Crippen LogP contribution in [0, 0.1) is 0 Å². The number of halogens is 1. The van der Waals surface area contributed by atoms with E-state index in [2.05, 4.69) is 0 Å². The summed E-state index contributed by atoms with van der Waals surface area (Å²) in [6.07, 6.45) is 4.02. The van der Waals surface area contributed by atoms with Crippen LogP contribution in [0.4, 0.5) is 0 Å². The van der Waals surface area contributed by atoms with Crippen LogP contribution < -0.4 is 4.74 Å². The quantitative estimate of drug-likeness (QED) is 0.737. The first-order valence-corrected chi connectivity index (χ1v) is 10.6. The van der Waals surface area contributed by atoms with Gasteiger partial charge < -0.3 is 14.5 Å². The van der Waals surface area contributed by atoms with E-state index in [1.165, 1.54) is 0 Å². The number of carbonyl (C=O) groups is 2. The fraction of sp³-hybridized carbons (Fsp3) is 0.391. The Morgan fingerprint density at radius 1 is 0.931 bits per heavy atom. The zero-order chi connectivity index (χ0) is 20.2. The van der Waals surface area contributed by atoms with Crippen molar-refractivity contribution in [2.75, 3.05) is 26.2 Å². The summed E-state index contributed by atoms with van der Waals surface area (Å²) in [6.45, 7) is 2.82. The summed E-state index contributed by atoms with van der Waals surface area (Å²) in [5, 5.41) is 0.474. The van der Waals surface area contributed by atoms with Crippen LogP contribution in [0.25, 0.3) is 0 Å². The van der Waals surface area contributed by atoms with Gasteiger partial charge in [-0.05, 0) is 62.1 Å². The normalized spacial score (nSPS) is 18.9. The molecule has 2 amide bonds. The maximum absolute atomic E-state index is 12.9. The van der Waals surface area contributed by atoms with Gasteiger partial charge in [0, 0.05) is 25.2 Å². The molecule has 29 heavy (non-hydrogen) atoms. The van der Waals surface area contributed by atoms with Crippen molar-refractivity contribution >= 4 is 23.4 Å². The lowest BCUT2D eigenvalue weighted by Gasteiger charge is -2.25. The highest BCUT2D eigenvalue weighted by Crippen LogP contribution is 2.25. The predicted molar refractivity (Wildman–Crippen MR) is 113 cm³/mol. The molecule has 152 valence electrons. The van der Waals surface area contributed by atoms with E-state index < -0.39 is 0 Å². The second-order valence-corrected chi connectivity index (χ2v) is 8.02. The third kappa shape index (κ3) is 4.40. The summed E-state index contributed by atoms with van der Waals surface area (Å²) < 4.78 is 5.94. The Hall–Kier alpha value is -2.53. The van der Waals surface area contributed by atoms with Crippen molar-refractivity contribution in [2.24, 2.45) is 0 Å². The van der Waals surface area contributed by atoms with Crippen LogP contribution in [-0.2, 0) is 0 Å². The van der Waals surface area contributed by atoms with Gasteiger partial charge in [0.15, 0.2) is 0 Å². The molecule has 2 saturated heterocycles. The molecule has 0 saturated carbocycles. The van der Waals surface area contributed by atoms with E-state index in [9.17, 15) is 9.59 Å². The number of rotatable bonds is 5. The second kappa shape index (κ2) is 8.87. The fourth-order valence-corrected chi connectivity index (χ4v) is 4.27. The second-order valence-electron chi connectivity index (χ2n) is 7.61. The van der Waals surface area contributed by atoms with Crippen molar-refractivity contribution < 1.29 is 14.3 Å². The zero-order valence-corrected chi connectivity index (χ0v) is 17.1. The molecule has 0 spiro atoms. The molecule has 1 unspecified atom stereocenters. The summed E-state index contributed by atoms with van der Waals surface area (Å²) in [6, 6.07) is 14.5. The third-order valence-corrected chi connectivity index (χ3v) is 6.01. The number of carbonyl (C=O) groups excluding carboxylic acids is 2. The molecule has 2 aliphatic heterocycles. The summed E-state index contributed by atoms with van der Waals surface area (Å²) in [5.41, 5.74) is 1.22. The number of hydrogen-bond donors (Lipinski definition) is 0. The van der Waals surface area contributed by atoms with E-state index in [0.29, 0.717) is 35.1 Å². The van der Waals surface area contributed by atoms with Crippen LogP contribution in [0.1, 0.15) is 46.4 Å². The first-order valence-electron chi connectivity index (χ1n) is 10.2. The highest BCUT2D eigenvalue weighted by molar-refractivity contribution is 6.33. The molecule has 2 fully saturated rings. The molecular formula is C23H25ClN2O3. The number of benzene rings is 2. The molecule has 6 heteroatoms. The average Bonchev–Trinajstić information content (AvgIpc) is 3.44. The fourth-order valence-electron chi connectivity index (χ4n) is 4.05. The van der Waals surface area contributed by atoms with Crippen LogP contribution in [-0.4, -0.2) is 53.9 Å². The SMILES string of the molecule is O=C(c1ccc(OCC2CCCN2C(=O)c2ccccc2Cl)cc1)N1CCCC1. The van der Waals surface area contributed by atoms with Gasteiger partial charge in [-0.25, -0.2) is 0 Å². The first-order chi connectivity index (χ1) is 14.1. The number of amides is 2. The van der Waals surface area contributed by atoms with Gasteiger partial charge in [0.05, 0.1) is 16.6 Å². The summed E-state index contributed by atoms with van der Waals surface area (Å²) in [5.74, 6) is 0.745. The van der Waals surface area contributed by atoms with E-state index in [-0.39, 0.29) is 17.9 Å². The maximum Gasteiger partial charge on any atom is 0.255 e. The van der Waals surface area contributed by atoms with Crippen molar-refractivity contribution in [1.29, 1.82) is 0 Å². The highest BCUT2D eigenvalue weighted by atomic mass is 35.5. The average molecular weight is 413 g/mol. The summed E-state index contributed by atoms with van der Waals surface area (Å²) in [4.78, 5) is 29.1. The van der Waals surface area contributed by atoms with Gasteiger partial charge >= 0.3 is 0 Å². The van der Waals surface area contributed by atoms with Crippen molar-refractivity contribution in [3.05, 3.63) is 64.7 Å². The molecule has 2 aromatic rings. The van der Waals surface area contributed by atoms with Crippen LogP contribution in [0.5, 0.6) is 5.75 Å². The smallest absolute Gasteiger partial charge is 0.255 e. The molecule has 0 aromatic heterocycles. The van der Waals surface area contributed by atoms with Crippen molar-refractivity contribution in [2.45, 2.75) is 31.7 Å². The summed E-state index contributed by atoms with van der Waals surface area (Å²) in [7, 11) is 0. The van der Waals surface area contributed by atoms with Crippen molar-refractivity contribution in [3.63, 3.8) is 0 Å². The molecule has 0 aliphatic carbocycles. The Balaban J connectivity index is 1.36. The molecule has 5 nitrogen and oxygen atoms in total. The van der Waals surface area contributed by atoms with Gasteiger partial charge in [-0.2, -0.15) is 0 Å². The molecule has 4 rings (SSSR count). The Morgan fingerprint density at radius 3 is 2.38 bits per heavy atom.